The number of hydrogen-bond donors (Lipinski definition) is 1. The molecule has 6 nitrogen and oxygen atoms in total. The largest absolute Gasteiger partial charge is 0.465 e. The minimum absolute atomic E-state index is 0.0518. The van der Waals surface area contributed by atoms with Gasteiger partial charge in [0.1, 0.15) is 5.52 Å². The molecule has 0 aliphatic carbocycles. The zero-order chi connectivity index (χ0) is 16.3. The van der Waals surface area contributed by atoms with E-state index in [1.165, 1.54) is 5.56 Å². The van der Waals surface area contributed by atoms with Gasteiger partial charge in [-0.1, -0.05) is 13.8 Å². The van der Waals surface area contributed by atoms with Gasteiger partial charge >= 0.3 is 6.09 Å². The highest BCUT2D eigenvalue weighted by atomic mass is 79.9. The first-order valence-corrected chi connectivity index (χ1v) is 8.59. The fraction of sp³-hybridized carbons (Fsp3) is 0.500. The number of amides is 1. The number of anilines is 1. The Balaban J connectivity index is 1.64. The number of hydrogen-bond acceptors (Lipinski definition) is 4. The van der Waals surface area contributed by atoms with Crippen molar-refractivity contribution in [2.45, 2.75) is 38.3 Å². The molecule has 0 spiro atoms. The number of oxazole rings is 1. The monoisotopic (exact) mass is 379 g/mol. The Hall–Kier alpha value is -1.76. The third-order valence-electron chi connectivity index (χ3n) is 4.81. The number of benzene rings is 1. The molecule has 7 heteroatoms. The minimum Gasteiger partial charge on any atom is -0.465 e. The maximum atomic E-state index is 11.2. The molecule has 1 N–H and O–H groups in total. The maximum absolute atomic E-state index is 11.2. The van der Waals surface area contributed by atoms with Crippen LogP contribution >= 0.6 is 15.9 Å². The van der Waals surface area contributed by atoms with E-state index in [2.05, 4.69) is 51.8 Å². The van der Waals surface area contributed by atoms with Crippen LogP contribution in [0.3, 0.4) is 0 Å². The Morgan fingerprint density at radius 3 is 2.70 bits per heavy atom. The number of nitrogens with zero attached hydrogens (tertiary/aromatic N) is 3. The Kier molecular flexibility index (Phi) is 3.30. The van der Waals surface area contributed by atoms with Crippen molar-refractivity contribution in [1.82, 2.24) is 9.88 Å². The summed E-state index contributed by atoms with van der Waals surface area (Å²) >= 11 is 3.56. The van der Waals surface area contributed by atoms with Gasteiger partial charge in [0.2, 0.25) is 0 Å². The van der Waals surface area contributed by atoms with Gasteiger partial charge in [-0.2, -0.15) is 4.98 Å². The van der Waals surface area contributed by atoms with Gasteiger partial charge in [0.05, 0.1) is 16.6 Å². The lowest BCUT2D eigenvalue weighted by atomic mass is 9.88. The van der Waals surface area contributed by atoms with Crippen molar-refractivity contribution in [1.29, 1.82) is 0 Å². The van der Waals surface area contributed by atoms with Crippen molar-refractivity contribution in [3.8, 4) is 0 Å². The van der Waals surface area contributed by atoms with Gasteiger partial charge in [-0.15, -0.1) is 0 Å². The number of carboxylic acid groups (broad SMARTS) is 1. The van der Waals surface area contributed by atoms with Crippen LogP contribution in [0.4, 0.5) is 10.8 Å². The summed E-state index contributed by atoms with van der Waals surface area (Å²) in [6.07, 6.45) is 0.109. The number of piperidine rings is 1. The van der Waals surface area contributed by atoms with Crippen molar-refractivity contribution < 1.29 is 14.3 Å². The summed E-state index contributed by atoms with van der Waals surface area (Å²) in [6.45, 7) is 5.58. The van der Waals surface area contributed by atoms with Crippen LogP contribution in [-0.2, 0) is 0 Å². The summed E-state index contributed by atoms with van der Waals surface area (Å²) < 4.78 is 6.85. The van der Waals surface area contributed by atoms with Crippen molar-refractivity contribution in [3.05, 3.63) is 22.2 Å². The van der Waals surface area contributed by atoms with Gasteiger partial charge in [0, 0.05) is 13.1 Å². The number of carbonyl (C=O) groups is 1. The van der Waals surface area contributed by atoms with E-state index in [-0.39, 0.29) is 12.1 Å². The van der Waals surface area contributed by atoms with Crippen LogP contribution in [0.25, 0.3) is 11.1 Å². The molecule has 3 saturated heterocycles. The highest BCUT2D eigenvalue weighted by Gasteiger charge is 2.48. The van der Waals surface area contributed by atoms with Crippen LogP contribution in [0, 0.1) is 0 Å². The van der Waals surface area contributed by atoms with E-state index in [1.807, 2.05) is 0 Å². The molecule has 1 aromatic carbocycles. The van der Waals surface area contributed by atoms with Crippen molar-refractivity contribution in [2.24, 2.45) is 0 Å². The first-order valence-electron chi connectivity index (χ1n) is 7.80. The summed E-state index contributed by atoms with van der Waals surface area (Å²) in [4.78, 5) is 19.4. The third-order valence-corrected chi connectivity index (χ3v) is 5.40. The van der Waals surface area contributed by atoms with Gasteiger partial charge in [-0.05, 0) is 46.0 Å². The fourth-order valence-corrected chi connectivity index (χ4v) is 4.10. The van der Waals surface area contributed by atoms with Gasteiger partial charge in [-0.25, -0.2) is 4.79 Å². The summed E-state index contributed by atoms with van der Waals surface area (Å²) in [5.41, 5.74) is 2.80. The van der Waals surface area contributed by atoms with Gasteiger partial charge < -0.3 is 14.4 Å². The molecule has 2 atom stereocenters. The highest BCUT2D eigenvalue weighted by molar-refractivity contribution is 9.10. The standard InChI is InChI=1S/C16H18BrN3O3/c1-8(2)9-3-12(17)14-13(4-9)18-15(23-14)19-6-10-5-11(7-19)20(10)16(21)22/h3-4,8,10-11H,5-7H2,1-2H3,(H,21,22). The predicted molar refractivity (Wildman–Crippen MR) is 90.1 cm³/mol. The SMILES string of the molecule is CC(C)c1cc(Br)c2oc(N3CC4CC(C3)N4C(=O)O)nc2c1. The van der Waals surface area contributed by atoms with Crippen LogP contribution in [0.1, 0.15) is 31.7 Å². The lowest BCUT2D eigenvalue weighted by molar-refractivity contribution is 0.0101. The smallest absolute Gasteiger partial charge is 0.407 e. The lowest BCUT2D eigenvalue weighted by Gasteiger charge is -2.54. The van der Waals surface area contributed by atoms with Gasteiger partial charge in [0.15, 0.2) is 5.58 Å². The molecule has 0 radical (unpaired) electrons. The molecular weight excluding hydrogens is 362 g/mol. The van der Waals surface area contributed by atoms with Crippen molar-refractivity contribution >= 4 is 39.1 Å². The zero-order valence-corrected chi connectivity index (χ0v) is 14.6. The average Bonchev–Trinajstić information content (AvgIpc) is 2.91. The molecule has 122 valence electrons. The molecule has 1 aromatic heterocycles. The molecule has 2 unspecified atom stereocenters. The maximum Gasteiger partial charge on any atom is 0.407 e. The summed E-state index contributed by atoms with van der Waals surface area (Å²) in [5.74, 6) is 0.419. The molecule has 3 aliphatic rings. The Morgan fingerprint density at radius 1 is 1.39 bits per heavy atom. The summed E-state index contributed by atoms with van der Waals surface area (Å²) in [6, 6.07) is 4.82. The second-order valence-electron chi connectivity index (χ2n) is 6.64. The van der Waals surface area contributed by atoms with E-state index in [0.29, 0.717) is 25.0 Å². The van der Waals surface area contributed by atoms with Crippen LogP contribution < -0.4 is 4.90 Å². The number of halogens is 1. The number of rotatable bonds is 2. The van der Waals surface area contributed by atoms with E-state index in [1.54, 1.807) is 4.90 Å². The van der Waals surface area contributed by atoms with E-state index in [9.17, 15) is 9.90 Å². The Labute approximate surface area is 142 Å². The first-order chi connectivity index (χ1) is 10.9. The second-order valence-corrected chi connectivity index (χ2v) is 7.49. The molecular formula is C16H18BrN3O3. The quantitative estimate of drug-likeness (QED) is 0.861. The molecule has 23 heavy (non-hydrogen) atoms. The Bertz CT molecular complexity index is 776. The number of piperazine rings is 1. The second kappa shape index (κ2) is 5.12. The average molecular weight is 380 g/mol. The molecule has 2 aromatic rings. The summed E-state index contributed by atoms with van der Waals surface area (Å²) in [7, 11) is 0. The van der Waals surface area contributed by atoms with E-state index in [4.69, 9.17) is 4.42 Å². The third kappa shape index (κ3) is 2.29. The molecule has 5 rings (SSSR count). The molecule has 2 bridgehead atoms. The Morgan fingerprint density at radius 2 is 2.09 bits per heavy atom. The zero-order valence-electron chi connectivity index (χ0n) is 13.0. The van der Waals surface area contributed by atoms with E-state index < -0.39 is 6.09 Å². The molecule has 1 amide bonds. The van der Waals surface area contributed by atoms with Crippen LogP contribution in [0.2, 0.25) is 0 Å². The van der Waals surface area contributed by atoms with E-state index in [0.717, 1.165) is 22.0 Å². The van der Waals surface area contributed by atoms with E-state index >= 15 is 0 Å². The number of aromatic nitrogens is 1. The lowest BCUT2D eigenvalue weighted by Crippen LogP contribution is -2.70. The fourth-order valence-electron chi connectivity index (χ4n) is 3.55. The van der Waals surface area contributed by atoms with Crippen molar-refractivity contribution in [2.75, 3.05) is 18.0 Å². The predicted octanol–water partition coefficient (Wildman–Crippen LogP) is 3.65. The summed E-state index contributed by atoms with van der Waals surface area (Å²) in [5, 5.41) is 9.19. The molecule has 4 heterocycles. The van der Waals surface area contributed by atoms with Crippen LogP contribution in [0.15, 0.2) is 21.0 Å². The molecule has 3 fully saturated rings. The molecule has 0 saturated carbocycles. The highest BCUT2D eigenvalue weighted by Crippen LogP contribution is 2.37. The normalized spacial score (nSPS) is 23.5. The first kappa shape index (κ1) is 14.8. The topological polar surface area (TPSA) is 69.8 Å². The molecule has 3 aliphatic heterocycles. The van der Waals surface area contributed by atoms with Crippen molar-refractivity contribution in [3.63, 3.8) is 0 Å². The minimum atomic E-state index is -0.826. The van der Waals surface area contributed by atoms with Crippen LogP contribution in [0.5, 0.6) is 0 Å². The van der Waals surface area contributed by atoms with Crippen LogP contribution in [-0.4, -0.2) is 46.3 Å². The van der Waals surface area contributed by atoms with Gasteiger partial charge in [-0.3, -0.25) is 4.90 Å². The van der Waals surface area contributed by atoms with Gasteiger partial charge in [0.25, 0.3) is 6.01 Å². The number of fused-ring (bicyclic) bond motifs is 3.